The highest BCUT2D eigenvalue weighted by molar-refractivity contribution is 5.63. The number of carbonyl (C=O) groups excluding carboxylic acids is 1. The quantitative estimate of drug-likeness (QED) is 0.307. The molecule has 0 aromatic carbocycles. The summed E-state index contributed by atoms with van der Waals surface area (Å²) in [4.78, 5) is 9.92. The van der Waals surface area contributed by atoms with Crippen molar-refractivity contribution in [2.45, 2.75) is 101 Å². The molecule has 0 saturated heterocycles. The van der Waals surface area contributed by atoms with Crippen molar-refractivity contribution in [2.24, 2.45) is 0 Å². The molecule has 0 bridgehead atoms. The van der Waals surface area contributed by atoms with E-state index in [4.69, 9.17) is 0 Å². The summed E-state index contributed by atoms with van der Waals surface area (Å²) in [7, 11) is 0. The molecule has 0 saturated carbocycles. The Bertz CT molecular complexity index is 276. The maximum absolute atomic E-state index is 9.92. The highest BCUT2D eigenvalue weighted by Gasteiger charge is 2.16. The van der Waals surface area contributed by atoms with Gasteiger partial charge in [-0.3, -0.25) is 0 Å². The smallest absolute Gasteiger partial charge is 0.0757 e. The summed E-state index contributed by atoms with van der Waals surface area (Å²) >= 11 is 0. The van der Waals surface area contributed by atoms with Gasteiger partial charge in [-0.05, 0) is 68.2 Å². The van der Waals surface area contributed by atoms with Crippen molar-refractivity contribution < 1.29 is 31.3 Å². The Morgan fingerprint density at radius 2 is 0.828 bits per heavy atom. The molecule has 0 atom stereocenters. The van der Waals surface area contributed by atoms with E-state index in [-0.39, 0.29) is 18.8 Å². The van der Waals surface area contributed by atoms with Crippen LogP contribution >= 0.6 is 0 Å². The van der Waals surface area contributed by atoms with Crippen LogP contribution in [0.4, 0.5) is 0 Å². The van der Waals surface area contributed by atoms with Gasteiger partial charge in [0, 0.05) is 5.97 Å². The van der Waals surface area contributed by atoms with Gasteiger partial charge in [0.05, 0.1) is 52.4 Å². The molecule has 0 spiro atoms. The predicted molar refractivity (Wildman–Crippen MR) is 123 cm³/mol. The Kier molecular flexibility index (Phi) is 29.8. The van der Waals surface area contributed by atoms with Crippen LogP contribution in [0, 0.1) is 0 Å². The molecule has 0 rings (SSSR count). The van der Waals surface area contributed by atoms with Crippen molar-refractivity contribution in [3.05, 3.63) is 0 Å². The lowest BCUT2D eigenvalue weighted by Crippen LogP contribution is -3.00. The molecular formula is C24H55ClN2O2. The number of carboxylic acid groups (broad SMARTS) is 1. The van der Waals surface area contributed by atoms with Crippen molar-refractivity contribution in [1.82, 2.24) is 0 Å². The summed E-state index contributed by atoms with van der Waals surface area (Å²) in [5.74, 6) is -0.920. The zero-order valence-corrected chi connectivity index (χ0v) is 22.2. The van der Waals surface area contributed by atoms with Crippen LogP contribution in [0.5, 0.6) is 0 Å². The Morgan fingerprint density at radius 1 is 0.552 bits per heavy atom. The Hall–Kier alpha value is -0.320. The Balaban J connectivity index is -0.000000159. The Labute approximate surface area is 190 Å². The predicted octanol–water partition coefficient (Wildman–Crippen LogP) is 1.87. The second-order valence-corrected chi connectivity index (χ2v) is 7.75. The highest BCUT2D eigenvalue weighted by Crippen LogP contribution is 2.04. The van der Waals surface area contributed by atoms with Gasteiger partial charge in [0.1, 0.15) is 0 Å². The number of carbonyl (C=O) groups is 1. The third-order valence-electron chi connectivity index (χ3n) is 6.85. The van der Waals surface area contributed by atoms with Crippen molar-refractivity contribution in [1.29, 1.82) is 0 Å². The summed E-state index contributed by atoms with van der Waals surface area (Å²) in [6.07, 6.45) is 5.61. The zero-order chi connectivity index (χ0) is 22.5. The van der Waals surface area contributed by atoms with Gasteiger partial charge in [0.15, 0.2) is 0 Å². The van der Waals surface area contributed by atoms with E-state index in [1.807, 2.05) is 0 Å². The lowest BCUT2D eigenvalue weighted by atomic mass is 10.1. The molecular weight excluding hydrogens is 384 g/mol. The van der Waals surface area contributed by atoms with Crippen LogP contribution in [0.1, 0.15) is 101 Å². The van der Waals surface area contributed by atoms with E-state index in [1.54, 1.807) is 0 Å². The van der Waals surface area contributed by atoms with Gasteiger partial charge >= 0.3 is 0 Å². The molecule has 0 aliphatic rings. The number of rotatable bonds is 14. The number of aliphatic carboxylic acids is 1. The SMILES string of the molecule is CCCCCCCC(=O)[O-].CC[N+](CC)(CC)CC.CC[N+](CC)(CC)CC.[Cl-]. The standard InChI is InChI=1S/2C8H20N.C8H16O2.ClH/c2*1-5-9(6-2,7-3)8-4;1-2-3-4-5-6-7-8(9)10;/h2*5-8H2,1-4H3;2-7H2,1H3,(H,9,10);1H/q2*+1;;/p-2. The third-order valence-corrected chi connectivity index (χ3v) is 6.85. The molecule has 180 valence electrons. The molecule has 4 nitrogen and oxygen atoms in total. The molecule has 0 radical (unpaired) electrons. The molecule has 0 amide bonds. The van der Waals surface area contributed by atoms with E-state index in [0.29, 0.717) is 0 Å². The van der Waals surface area contributed by atoms with Gasteiger partial charge in [-0.25, -0.2) is 0 Å². The molecule has 0 fully saturated rings. The van der Waals surface area contributed by atoms with Gasteiger partial charge in [-0.2, -0.15) is 0 Å². The van der Waals surface area contributed by atoms with E-state index in [1.165, 1.54) is 74.2 Å². The maximum Gasteiger partial charge on any atom is 0.0757 e. The first kappa shape index (κ1) is 36.1. The largest absolute Gasteiger partial charge is 1.00 e. The normalized spacial score (nSPS) is 10.8. The Morgan fingerprint density at radius 3 is 1.00 bits per heavy atom. The van der Waals surface area contributed by atoms with Crippen molar-refractivity contribution in [2.75, 3.05) is 52.4 Å². The summed E-state index contributed by atoms with van der Waals surface area (Å²) in [6.45, 7) is 30.6. The van der Waals surface area contributed by atoms with Crippen LogP contribution in [-0.2, 0) is 4.79 Å². The minimum absolute atomic E-state index is 0. The van der Waals surface area contributed by atoms with Gasteiger partial charge in [0.2, 0.25) is 0 Å². The van der Waals surface area contributed by atoms with Gasteiger partial charge < -0.3 is 31.3 Å². The molecule has 0 aliphatic heterocycles. The fraction of sp³-hybridized carbons (Fsp3) is 0.958. The van der Waals surface area contributed by atoms with Crippen LogP contribution in [0.3, 0.4) is 0 Å². The molecule has 0 aromatic heterocycles. The second kappa shape index (κ2) is 24.0. The number of nitrogens with zero attached hydrogens (tertiary/aromatic N) is 2. The first-order valence-electron chi connectivity index (χ1n) is 12.2. The van der Waals surface area contributed by atoms with Crippen molar-refractivity contribution in [3.8, 4) is 0 Å². The highest BCUT2D eigenvalue weighted by atomic mass is 35.5. The first-order chi connectivity index (χ1) is 13.3. The fourth-order valence-electron chi connectivity index (χ4n) is 3.56. The molecule has 0 N–H and O–H groups in total. The van der Waals surface area contributed by atoms with E-state index in [9.17, 15) is 9.90 Å². The second-order valence-electron chi connectivity index (χ2n) is 7.75. The maximum atomic E-state index is 9.92. The monoisotopic (exact) mass is 438 g/mol. The topological polar surface area (TPSA) is 40.1 Å². The molecule has 29 heavy (non-hydrogen) atoms. The molecule has 0 heterocycles. The number of carboxylic acids is 1. The lowest BCUT2D eigenvalue weighted by molar-refractivity contribution is -0.921. The average Bonchev–Trinajstić information content (AvgIpc) is 2.73. The summed E-state index contributed by atoms with van der Waals surface area (Å²) in [6, 6.07) is 0. The lowest BCUT2D eigenvalue weighted by Gasteiger charge is -2.34. The number of hydrogen-bond acceptors (Lipinski definition) is 2. The number of unbranched alkanes of at least 4 members (excludes halogenated alkanes) is 4. The van der Waals surface area contributed by atoms with Crippen LogP contribution < -0.4 is 17.5 Å². The van der Waals surface area contributed by atoms with Crippen molar-refractivity contribution >= 4 is 5.97 Å². The van der Waals surface area contributed by atoms with Gasteiger partial charge in [-0.15, -0.1) is 0 Å². The molecule has 0 aromatic rings. The first-order valence-corrected chi connectivity index (χ1v) is 12.2. The van der Waals surface area contributed by atoms with E-state index in [2.05, 4.69) is 62.3 Å². The number of hydrogen-bond donors (Lipinski definition) is 0. The number of halogens is 1. The van der Waals surface area contributed by atoms with Crippen LogP contribution in [-0.4, -0.2) is 67.3 Å². The average molecular weight is 439 g/mol. The van der Waals surface area contributed by atoms with Crippen molar-refractivity contribution in [3.63, 3.8) is 0 Å². The number of quaternary nitrogens is 2. The zero-order valence-electron chi connectivity index (χ0n) is 21.5. The molecule has 0 aliphatic carbocycles. The fourth-order valence-corrected chi connectivity index (χ4v) is 3.56. The van der Waals surface area contributed by atoms with E-state index in [0.717, 1.165) is 19.3 Å². The minimum atomic E-state index is -0.920. The minimum Gasteiger partial charge on any atom is -1.00 e. The molecule has 0 unspecified atom stereocenters. The molecule has 5 heteroatoms. The van der Waals surface area contributed by atoms with Crippen LogP contribution in [0.15, 0.2) is 0 Å². The van der Waals surface area contributed by atoms with Gasteiger partial charge in [0.25, 0.3) is 0 Å². The van der Waals surface area contributed by atoms with E-state index < -0.39 is 5.97 Å². The summed E-state index contributed by atoms with van der Waals surface area (Å²) in [5, 5.41) is 9.92. The third kappa shape index (κ3) is 19.4. The van der Waals surface area contributed by atoms with Gasteiger partial charge in [-0.1, -0.05) is 32.6 Å². The van der Waals surface area contributed by atoms with Crippen LogP contribution in [0.2, 0.25) is 0 Å². The summed E-state index contributed by atoms with van der Waals surface area (Å²) in [5.41, 5.74) is 0. The van der Waals surface area contributed by atoms with E-state index >= 15 is 0 Å². The summed E-state index contributed by atoms with van der Waals surface area (Å²) < 4.78 is 2.56. The van der Waals surface area contributed by atoms with Crippen LogP contribution in [0.25, 0.3) is 0 Å².